The van der Waals surface area contributed by atoms with Gasteiger partial charge in [0.25, 0.3) is 0 Å². The Morgan fingerprint density at radius 1 is 1.25 bits per heavy atom. The van der Waals surface area contributed by atoms with Gasteiger partial charge in [0.15, 0.2) is 6.79 Å². The molecule has 0 heterocycles. The Kier molecular flexibility index (Phi) is 4.44. The van der Waals surface area contributed by atoms with Crippen molar-refractivity contribution in [3.63, 3.8) is 0 Å². The van der Waals surface area contributed by atoms with Gasteiger partial charge >= 0.3 is 0 Å². The van der Waals surface area contributed by atoms with E-state index in [9.17, 15) is 0 Å². The first kappa shape index (κ1) is 11.2. The van der Waals surface area contributed by atoms with Crippen molar-refractivity contribution < 1.29 is 10.8 Å². The van der Waals surface area contributed by atoms with E-state index in [1.807, 2.05) is 51.1 Å². The van der Waals surface area contributed by atoms with E-state index in [4.69, 9.17) is 10.8 Å². The van der Waals surface area contributed by atoms with Crippen molar-refractivity contribution >= 4 is 0 Å². The normalized spacial score (nSPS) is 13.4. The van der Waals surface area contributed by atoms with Gasteiger partial charge in [0.1, 0.15) is 1.37 Å². The molecule has 0 saturated carbocycles. The van der Waals surface area contributed by atoms with E-state index in [-0.39, 0.29) is 18.4 Å². The van der Waals surface area contributed by atoms with Crippen LogP contribution in [-0.4, -0.2) is 6.79 Å². The van der Waals surface area contributed by atoms with Gasteiger partial charge in [-0.1, -0.05) is 51.1 Å². The largest absolute Gasteiger partial charge is 0.475 e. The highest BCUT2D eigenvalue weighted by Gasteiger charge is 2.03. The van der Waals surface area contributed by atoms with Gasteiger partial charge < -0.3 is 9.47 Å². The van der Waals surface area contributed by atoms with Crippen LogP contribution >= 0.6 is 0 Å². The molecule has 0 atom stereocenters. The third kappa shape index (κ3) is 6.25. The zero-order valence-electron chi connectivity index (χ0n) is 11.2. The molecule has 2 nitrogen and oxygen atoms in total. The lowest BCUT2D eigenvalue weighted by molar-refractivity contribution is -0.0212. The highest BCUT2D eigenvalue weighted by molar-refractivity contribution is 5.13. The molecule has 0 saturated heterocycles. The van der Waals surface area contributed by atoms with Crippen molar-refractivity contribution in [1.82, 2.24) is 0 Å². The summed E-state index contributed by atoms with van der Waals surface area (Å²) >= 11 is 0. The molecule has 2 heteroatoms. The minimum absolute atomic E-state index is 0.0451. The van der Waals surface area contributed by atoms with Crippen molar-refractivity contribution in [3.05, 3.63) is 48.2 Å². The van der Waals surface area contributed by atoms with Crippen LogP contribution < -0.4 is 0 Å². The average Bonchev–Trinajstić information content (AvgIpc) is 2.23. The summed E-state index contributed by atoms with van der Waals surface area (Å²) < 4.78 is 18.0. The molecule has 0 aromatic heterocycles. The van der Waals surface area contributed by atoms with Crippen LogP contribution in [0.3, 0.4) is 0 Å². The van der Waals surface area contributed by atoms with Crippen molar-refractivity contribution in [2.75, 3.05) is 6.79 Å². The molecule has 1 aromatic carbocycles. The van der Waals surface area contributed by atoms with Crippen molar-refractivity contribution in [2.24, 2.45) is 5.41 Å². The molecule has 0 bridgehead atoms. The summed E-state index contributed by atoms with van der Waals surface area (Å²) in [5, 5.41) is 0. The summed E-state index contributed by atoms with van der Waals surface area (Å²) in [5.74, 6) is 0. The topological polar surface area (TPSA) is 18.5 Å². The van der Waals surface area contributed by atoms with Gasteiger partial charge in [0.05, 0.1) is 12.8 Å². The van der Waals surface area contributed by atoms with Crippen molar-refractivity contribution in [3.8, 4) is 0 Å². The SMILES string of the molecule is [2H]/C(=C/C(C)(C)C)OCOCc1ccccc1. The van der Waals surface area contributed by atoms with Crippen LogP contribution in [0.1, 0.15) is 27.7 Å². The highest BCUT2D eigenvalue weighted by atomic mass is 16.7. The van der Waals surface area contributed by atoms with Crippen LogP contribution in [0.2, 0.25) is 0 Å². The zero-order chi connectivity index (χ0) is 12.7. The van der Waals surface area contributed by atoms with Gasteiger partial charge in [0, 0.05) is 0 Å². The molecule has 88 valence electrons. The molecule has 0 aliphatic rings. The van der Waals surface area contributed by atoms with E-state index in [2.05, 4.69) is 0 Å². The average molecular weight is 221 g/mol. The molecule has 1 rings (SSSR count). The first-order valence-electron chi connectivity index (χ1n) is 5.91. The van der Waals surface area contributed by atoms with Gasteiger partial charge in [-0.2, -0.15) is 0 Å². The second kappa shape index (κ2) is 6.33. The number of benzene rings is 1. The molecule has 0 fully saturated rings. The maximum Gasteiger partial charge on any atom is 0.188 e. The predicted molar refractivity (Wildman–Crippen MR) is 65.8 cm³/mol. The molecule has 0 spiro atoms. The molecule has 0 amide bonds. The fraction of sp³-hybridized carbons (Fsp3) is 0.429. The maximum absolute atomic E-state index is 7.57. The predicted octanol–water partition coefficient (Wildman–Crippen LogP) is 3.74. The Labute approximate surface area is 99.3 Å². The van der Waals surface area contributed by atoms with E-state index in [0.717, 1.165) is 5.56 Å². The summed E-state index contributed by atoms with van der Waals surface area (Å²) in [6, 6.07) is 9.89. The minimum Gasteiger partial charge on any atom is -0.475 e. The van der Waals surface area contributed by atoms with Crippen LogP contribution in [0.25, 0.3) is 0 Å². The van der Waals surface area contributed by atoms with E-state index in [1.165, 1.54) is 0 Å². The molecule has 16 heavy (non-hydrogen) atoms. The van der Waals surface area contributed by atoms with E-state index < -0.39 is 0 Å². The number of ether oxygens (including phenoxy) is 2. The van der Waals surface area contributed by atoms with Crippen LogP contribution in [0.4, 0.5) is 0 Å². The second-order valence-corrected chi connectivity index (χ2v) is 4.72. The summed E-state index contributed by atoms with van der Waals surface area (Å²) in [7, 11) is 0. The monoisotopic (exact) mass is 221 g/mol. The summed E-state index contributed by atoms with van der Waals surface area (Å²) in [4.78, 5) is 0. The van der Waals surface area contributed by atoms with E-state index in [0.29, 0.717) is 6.61 Å². The third-order valence-electron chi connectivity index (χ3n) is 1.83. The first-order chi connectivity index (χ1) is 7.97. The number of hydrogen-bond donors (Lipinski definition) is 0. The molecule has 0 radical (unpaired) electrons. The Morgan fingerprint density at radius 3 is 2.56 bits per heavy atom. The fourth-order valence-electron chi connectivity index (χ4n) is 1.03. The second-order valence-electron chi connectivity index (χ2n) is 4.72. The summed E-state index contributed by atoms with van der Waals surface area (Å²) in [6.45, 7) is 6.69. The molecular formula is C14H20O2. The van der Waals surface area contributed by atoms with E-state index >= 15 is 0 Å². The quantitative estimate of drug-likeness (QED) is 0.428. The third-order valence-corrected chi connectivity index (χ3v) is 1.83. The van der Waals surface area contributed by atoms with Gasteiger partial charge in [-0.05, 0) is 17.1 Å². The first-order valence-corrected chi connectivity index (χ1v) is 5.41. The molecule has 1 aromatic rings. The standard InChI is InChI=1S/C14H20O2/c1-14(2,3)9-10-15-12-16-11-13-7-5-4-6-8-13/h4-10H,11-12H2,1-3H3/b10-9-/i10D. The van der Waals surface area contributed by atoms with Crippen LogP contribution in [0.15, 0.2) is 42.6 Å². The Hall–Kier alpha value is -1.28. The molecule has 0 aliphatic heterocycles. The molecule has 0 unspecified atom stereocenters. The smallest absolute Gasteiger partial charge is 0.188 e. The lowest BCUT2D eigenvalue weighted by atomic mass is 9.97. The molecule has 0 N–H and O–H groups in total. The summed E-state index contributed by atoms with van der Waals surface area (Å²) in [5.41, 5.74) is 1.05. The Bertz CT molecular complexity index is 352. The fourth-order valence-corrected chi connectivity index (χ4v) is 1.03. The van der Waals surface area contributed by atoms with Gasteiger partial charge in [0.2, 0.25) is 0 Å². The van der Waals surface area contributed by atoms with Gasteiger partial charge in [-0.25, -0.2) is 0 Å². The van der Waals surface area contributed by atoms with Crippen molar-refractivity contribution in [2.45, 2.75) is 27.4 Å². The Balaban J connectivity index is 2.23. The number of rotatable bonds is 5. The lowest BCUT2D eigenvalue weighted by Crippen LogP contribution is -2.00. The lowest BCUT2D eigenvalue weighted by Gasteiger charge is -2.11. The van der Waals surface area contributed by atoms with Gasteiger partial charge in [-0.15, -0.1) is 0 Å². The van der Waals surface area contributed by atoms with Crippen molar-refractivity contribution in [1.29, 1.82) is 0 Å². The number of allylic oxidation sites excluding steroid dienone is 1. The number of hydrogen-bond acceptors (Lipinski definition) is 2. The van der Waals surface area contributed by atoms with Crippen LogP contribution in [0.5, 0.6) is 0 Å². The van der Waals surface area contributed by atoms with Crippen LogP contribution in [0, 0.1) is 5.41 Å². The molecular weight excluding hydrogens is 200 g/mol. The maximum atomic E-state index is 7.57. The van der Waals surface area contributed by atoms with Crippen LogP contribution in [-0.2, 0) is 16.1 Å². The van der Waals surface area contributed by atoms with E-state index in [1.54, 1.807) is 6.08 Å². The minimum atomic E-state index is -0.0451. The highest BCUT2D eigenvalue weighted by Crippen LogP contribution is 2.14. The molecule has 0 aliphatic carbocycles. The Morgan fingerprint density at radius 2 is 1.94 bits per heavy atom. The summed E-state index contributed by atoms with van der Waals surface area (Å²) in [6.07, 6.45) is 1.92. The zero-order valence-corrected chi connectivity index (χ0v) is 10.2. The van der Waals surface area contributed by atoms with Gasteiger partial charge in [-0.3, -0.25) is 0 Å².